The van der Waals surface area contributed by atoms with Crippen molar-refractivity contribution in [1.29, 1.82) is 0 Å². The van der Waals surface area contributed by atoms with Crippen LogP contribution in [0.4, 0.5) is 0 Å². The molecule has 0 rings (SSSR count). The van der Waals surface area contributed by atoms with Gasteiger partial charge in [-0.1, -0.05) is 84.5 Å². The minimum absolute atomic E-state index is 0.237. The van der Waals surface area contributed by atoms with Crippen molar-refractivity contribution >= 4 is 22.3 Å². The van der Waals surface area contributed by atoms with Crippen LogP contribution in [-0.4, -0.2) is 31.5 Å². The van der Waals surface area contributed by atoms with Crippen molar-refractivity contribution in [2.75, 3.05) is 6.61 Å². The highest BCUT2D eigenvalue weighted by molar-refractivity contribution is 7.81. The van der Waals surface area contributed by atoms with Gasteiger partial charge >= 0.3 is 22.3 Å². The van der Waals surface area contributed by atoms with E-state index < -0.39 is 28.3 Å². The van der Waals surface area contributed by atoms with Gasteiger partial charge < -0.3 is 8.92 Å². The van der Waals surface area contributed by atoms with Crippen molar-refractivity contribution < 1.29 is 31.5 Å². The average Bonchev–Trinajstić information content (AvgIpc) is 2.61. The van der Waals surface area contributed by atoms with Crippen molar-refractivity contribution in [3.8, 4) is 0 Å². The molecule has 0 saturated heterocycles. The Hall–Kier alpha value is -1.15. The Morgan fingerprint density at radius 3 is 1.86 bits per heavy atom. The van der Waals surface area contributed by atoms with Crippen molar-refractivity contribution in [3.63, 3.8) is 0 Å². The predicted octanol–water partition coefficient (Wildman–Crippen LogP) is 4.99. The third kappa shape index (κ3) is 17.0. The van der Waals surface area contributed by atoms with Gasteiger partial charge in [0.05, 0.1) is 18.9 Å². The molecule has 0 saturated carbocycles. The van der Waals surface area contributed by atoms with Crippen LogP contribution in [0.2, 0.25) is 0 Å². The Labute approximate surface area is 170 Å². The molecule has 1 N–H and O–H groups in total. The van der Waals surface area contributed by atoms with Gasteiger partial charge in [-0.05, 0) is 12.8 Å². The molecular weight excluding hydrogens is 384 g/mol. The van der Waals surface area contributed by atoms with E-state index in [1.54, 1.807) is 0 Å². The molecular formula is C20H38O7S. The highest BCUT2D eigenvalue weighted by atomic mass is 32.3. The second kappa shape index (κ2) is 16.8. The number of esters is 1. The van der Waals surface area contributed by atoms with E-state index >= 15 is 0 Å². The minimum Gasteiger partial charge on any atom is -0.466 e. The molecule has 1 unspecified atom stereocenters. The van der Waals surface area contributed by atoms with Crippen LogP contribution in [0, 0.1) is 5.92 Å². The number of hydrogen-bond donors (Lipinski definition) is 1. The van der Waals surface area contributed by atoms with Crippen LogP contribution in [0.3, 0.4) is 0 Å². The molecule has 166 valence electrons. The van der Waals surface area contributed by atoms with Gasteiger partial charge in [0.2, 0.25) is 0 Å². The summed E-state index contributed by atoms with van der Waals surface area (Å²) in [5.41, 5.74) is 0. The quantitative estimate of drug-likeness (QED) is 0.188. The third-order valence-corrected chi connectivity index (χ3v) is 4.98. The monoisotopic (exact) mass is 422 g/mol. The van der Waals surface area contributed by atoms with Gasteiger partial charge in [0.15, 0.2) is 0 Å². The van der Waals surface area contributed by atoms with Crippen molar-refractivity contribution in [2.24, 2.45) is 5.92 Å². The molecule has 0 aromatic rings. The van der Waals surface area contributed by atoms with Crippen LogP contribution < -0.4 is 0 Å². The molecule has 0 bridgehead atoms. The number of rotatable bonds is 18. The summed E-state index contributed by atoms with van der Waals surface area (Å²) in [6.07, 6.45) is 12.5. The molecule has 8 heteroatoms. The van der Waals surface area contributed by atoms with E-state index in [-0.39, 0.29) is 6.42 Å². The highest BCUT2D eigenvalue weighted by Gasteiger charge is 2.27. The van der Waals surface area contributed by atoms with E-state index in [0.29, 0.717) is 19.4 Å². The Balaban J connectivity index is 4.30. The lowest BCUT2D eigenvalue weighted by atomic mass is 9.97. The summed E-state index contributed by atoms with van der Waals surface area (Å²) in [7, 11) is -4.88. The second-order valence-electron chi connectivity index (χ2n) is 7.28. The lowest BCUT2D eigenvalue weighted by Crippen LogP contribution is -2.24. The molecule has 28 heavy (non-hydrogen) atoms. The fraction of sp³-hybridized carbons (Fsp3) is 0.900. The lowest BCUT2D eigenvalue weighted by Gasteiger charge is -2.14. The first-order valence-electron chi connectivity index (χ1n) is 10.7. The van der Waals surface area contributed by atoms with Crippen LogP contribution in [0.1, 0.15) is 104 Å². The first kappa shape index (κ1) is 26.9. The van der Waals surface area contributed by atoms with Crippen LogP contribution in [0.25, 0.3) is 0 Å². The van der Waals surface area contributed by atoms with Crippen molar-refractivity contribution in [1.82, 2.24) is 0 Å². The molecule has 0 aromatic carbocycles. The van der Waals surface area contributed by atoms with Crippen molar-refractivity contribution in [2.45, 2.75) is 104 Å². The summed E-state index contributed by atoms with van der Waals surface area (Å²) in [5.74, 6) is -2.57. The maximum atomic E-state index is 12.0. The number of hydrogen-bond acceptors (Lipinski definition) is 6. The van der Waals surface area contributed by atoms with Gasteiger partial charge in [0.1, 0.15) is 0 Å². The molecule has 0 aromatic heterocycles. The van der Waals surface area contributed by atoms with E-state index in [1.807, 2.05) is 0 Å². The second-order valence-corrected chi connectivity index (χ2v) is 8.30. The number of ether oxygens (including phenoxy) is 1. The Kier molecular flexibility index (Phi) is 16.1. The van der Waals surface area contributed by atoms with Gasteiger partial charge in [-0.25, -0.2) is 0 Å². The molecule has 0 spiro atoms. The first-order chi connectivity index (χ1) is 13.3. The molecule has 0 heterocycles. The molecule has 0 fully saturated rings. The summed E-state index contributed by atoms with van der Waals surface area (Å²) in [5, 5.41) is 0. The van der Waals surface area contributed by atoms with E-state index in [9.17, 15) is 18.0 Å². The standard InChI is InChI=1S/C20H38O7S/c1-3-5-7-9-11-13-15-18(20(22)27-28(23,24)25)17-19(21)26-16-14-12-10-8-6-4-2/h18H,3-17H2,1-2H3,(H,23,24,25). The zero-order chi connectivity index (χ0) is 21.3. The van der Waals surface area contributed by atoms with Gasteiger partial charge in [-0.2, -0.15) is 8.42 Å². The predicted molar refractivity (Wildman–Crippen MR) is 108 cm³/mol. The first-order valence-corrected chi connectivity index (χ1v) is 12.0. The van der Waals surface area contributed by atoms with E-state index in [4.69, 9.17) is 9.29 Å². The summed E-state index contributed by atoms with van der Waals surface area (Å²) < 4.78 is 39.5. The Morgan fingerprint density at radius 1 is 0.821 bits per heavy atom. The zero-order valence-corrected chi connectivity index (χ0v) is 18.3. The lowest BCUT2D eigenvalue weighted by molar-refractivity contribution is -0.150. The fourth-order valence-corrected chi connectivity index (χ4v) is 3.32. The molecule has 0 aliphatic heterocycles. The summed E-state index contributed by atoms with van der Waals surface area (Å²) >= 11 is 0. The summed E-state index contributed by atoms with van der Waals surface area (Å²) in [6.45, 7) is 4.57. The number of unbranched alkanes of at least 4 members (excludes halogenated alkanes) is 10. The van der Waals surface area contributed by atoms with Gasteiger partial charge in [0.25, 0.3) is 0 Å². The van der Waals surface area contributed by atoms with Gasteiger partial charge in [-0.3, -0.25) is 14.1 Å². The number of carbonyl (C=O) groups is 2. The smallest absolute Gasteiger partial charge is 0.448 e. The molecule has 7 nitrogen and oxygen atoms in total. The molecule has 0 aliphatic carbocycles. The van der Waals surface area contributed by atoms with Crippen LogP contribution in [0.5, 0.6) is 0 Å². The summed E-state index contributed by atoms with van der Waals surface area (Å²) in [6, 6.07) is 0. The third-order valence-electron chi connectivity index (χ3n) is 4.60. The largest absolute Gasteiger partial charge is 0.466 e. The minimum atomic E-state index is -4.88. The SMILES string of the molecule is CCCCCCCCOC(=O)CC(CCCCCCCC)C(=O)OS(=O)(=O)O. The zero-order valence-electron chi connectivity index (χ0n) is 17.5. The normalized spacial score (nSPS) is 12.5. The summed E-state index contributed by atoms with van der Waals surface area (Å²) in [4.78, 5) is 24.0. The van der Waals surface area contributed by atoms with Crippen LogP contribution in [0.15, 0.2) is 0 Å². The van der Waals surface area contributed by atoms with Crippen LogP contribution >= 0.6 is 0 Å². The Bertz CT molecular complexity index is 517. The highest BCUT2D eigenvalue weighted by Crippen LogP contribution is 2.19. The molecule has 1 atom stereocenters. The number of carbonyl (C=O) groups excluding carboxylic acids is 2. The van der Waals surface area contributed by atoms with E-state index in [2.05, 4.69) is 18.0 Å². The average molecular weight is 423 g/mol. The van der Waals surface area contributed by atoms with E-state index in [1.165, 1.54) is 19.3 Å². The molecule has 0 aliphatic rings. The van der Waals surface area contributed by atoms with Gasteiger partial charge in [-0.15, -0.1) is 0 Å². The van der Waals surface area contributed by atoms with Gasteiger partial charge in [0, 0.05) is 0 Å². The van der Waals surface area contributed by atoms with Crippen LogP contribution in [-0.2, 0) is 28.9 Å². The maximum absolute atomic E-state index is 12.0. The topological polar surface area (TPSA) is 107 Å². The molecule has 0 radical (unpaired) electrons. The fourth-order valence-electron chi connectivity index (χ4n) is 2.97. The Morgan fingerprint density at radius 2 is 1.32 bits per heavy atom. The van der Waals surface area contributed by atoms with Crippen molar-refractivity contribution in [3.05, 3.63) is 0 Å². The maximum Gasteiger partial charge on any atom is 0.448 e. The van der Waals surface area contributed by atoms with E-state index in [0.717, 1.165) is 51.4 Å². The molecule has 0 amide bonds.